The van der Waals surface area contributed by atoms with E-state index in [4.69, 9.17) is 0 Å². The van der Waals surface area contributed by atoms with Gasteiger partial charge in [-0.3, -0.25) is 14.6 Å². The average molecular weight is 366 g/mol. The third-order valence-corrected chi connectivity index (χ3v) is 5.69. The van der Waals surface area contributed by atoms with Crippen molar-refractivity contribution >= 4 is 11.8 Å². The minimum atomic E-state index is -0.459. The molecule has 0 unspecified atom stereocenters. The molecule has 140 valence electrons. The van der Waals surface area contributed by atoms with Gasteiger partial charge >= 0.3 is 0 Å². The summed E-state index contributed by atoms with van der Waals surface area (Å²) in [4.78, 5) is 36.8. The van der Waals surface area contributed by atoms with E-state index in [0.29, 0.717) is 25.2 Å². The molecular formula is C20H22N4O3. The molecule has 7 nitrogen and oxygen atoms in total. The Morgan fingerprint density at radius 2 is 1.96 bits per heavy atom. The van der Waals surface area contributed by atoms with Gasteiger partial charge in [-0.1, -0.05) is 37.3 Å². The lowest BCUT2D eigenvalue weighted by molar-refractivity contribution is -0.193. The molecule has 4 rings (SSSR count). The third kappa shape index (κ3) is 2.61. The Bertz CT molecular complexity index is 837. The molecule has 0 radical (unpaired) electrons. The van der Waals surface area contributed by atoms with Gasteiger partial charge in [-0.15, -0.1) is 0 Å². The van der Waals surface area contributed by atoms with Crippen molar-refractivity contribution in [1.29, 1.82) is 0 Å². The second-order valence-electron chi connectivity index (χ2n) is 7.11. The maximum Gasteiger partial charge on any atom is 0.274 e. The fourth-order valence-electron chi connectivity index (χ4n) is 4.57. The van der Waals surface area contributed by atoms with Crippen LogP contribution in [0.2, 0.25) is 0 Å². The van der Waals surface area contributed by atoms with Crippen LogP contribution in [0.25, 0.3) is 0 Å². The van der Waals surface area contributed by atoms with Crippen molar-refractivity contribution in [2.45, 2.75) is 30.8 Å². The van der Waals surface area contributed by atoms with Gasteiger partial charge in [0.1, 0.15) is 5.69 Å². The molecule has 27 heavy (non-hydrogen) atoms. The first-order valence-corrected chi connectivity index (χ1v) is 9.15. The number of hydrogen-bond acceptors (Lipinski definition) is 5. The molecule has 0 bridgehead atoms. The van der Waals surface area contributed by atoms with E-state index in [1.54, 1.807) is 9.80 Å². The predicted molar refractivity (Wildman–Crippen MR) is 97.9 cm³/mol. The van der Waals surface area contributed by atoms with Gasteiger partial charge in [-0.05, 0) is 5.56 Å². The topological polar surface area (TPSA) is 86.6 Å². The smallest absolute Gasteiger partial charge is 0.274 e. The van der Waals surface area contributed by atoms with Crippen LogP contribution in [0.15, 0.2) is 48.9 Å². The molecule has 2 aliphatic heterocycles. The molecule has 1 aromatic carbocycles. The van der Waals surface area contributed by atoms with Crippen LogP contribution in [0.5, 0.6) is 0 Å². The molecular weight excluding hydrogens is 344 g/mol. The molecule has 2 amide bonds. The Kier molecular flexibility index (Phi) is 4.39. The van der Waals surface area contributed by atoms with Crippen LogP contribution < -0.4 is 0 Å². The third-order valence-electron chi connectivity index (χ3n) is 5.69. The van der Waals surface area contributed by atoms with Crippen LogP contribution in [0, 0.1) is 0 Å². The number of likely N-dealkylation sites (tertiary alicyclic amines) is 2. The molecule has 1 aromatic heterocycles. The predicted octanol–water partition coefficient (Wildman–Crippen LogP) is 1.07. The number of rotatable bonds is 4. The highest BCUT2D eigenvalue weighted by Crippen LogP contribution is 2.54. The highest BCUT2D eigenvalue weighted by Gasteiger charge is 2.67. The van der Waals surface area contributed by atoms with Gasteiger partial charge in [-0.2, -0.15) is 0 Å². The second kappa shape index (κ2) is 6.74. The van der Waals surface area contributed by atoms with Crippen LogP contribution in [-0.2, 0) is 4.79 Å². The number of aromatic nitrogens is 2. The Morgan fingerprint density at radius 3 is 2.56 bits per heavy atom. The zero-order chi connectivity index (χ0) is 19.0. The van der Waals surface area contributed by atoms with E-state index in [9.17, 15) is 14.7 Å². The van der Waals surface area contributed by atoms with Gasteiger partial charge < -0.3 is 14.9 Å². The number of nitrogens with zero attached hydrogens (tertiary/aromatic N) is 4. The van der Waals surface area contributed by atoms with Crippen molar-refractivity contribution in [3.63, 3.8) is 0 Å². The maximum absolute atomic E-state index is 12.7. The summed E-state index contributed by atoms with van der Waals surface area (Å²) in [5.74, 6) is -0.171. The Hall–Kier alpha value is -2.80. The second-order valence-corrected chi connectivity index (χ2v) is 7.11. The van der Waals surface area contributed by atoms with Crippen molar-refractivity contribution in [3.8, 4) is 0 Å². The van der Waals surface area contributed by atoms with E-state index in [-0.39, 0.29) is 30.4 Å². The fourth-order valence-corrected chi connectivity index (χ4v) is 4.57. The van der Waals surface area contributed by atoms with E-state index in [1.807, 2.05) is 37.3 Å². The lowest BCUT2D eigenvalue weighted by atomic mass is 9.60. The van der Waals surface area contributed by atoms with E-state index >= 15 is 0 Å². The summed E-state index contributed by atoms with van der Waals surface area (Å²) in [6, 6.07) is 9.66. The molecule has 1 spiro atoms. The number of amides is 2. The Labute approximate surface area is 157 Å². The van der Waals surface area contributed by atoms with Gasteiger partial charge in [-0.25, -0.2) is 4.98 Å². The number of hydrogen-bond donors (Lipinski definition) is 1. The normalized spacial score (nSPS) is 22.9. The van der Waals surface area contributed by atoms with Gasteiger partial charge in [0.05, 0.1) is 24.4 Å². The van der Waals surface area contributed by atoms with Crippen molar-refractivity contribution in [2.24, 2.45) is 0 Å². The molecule has 0 saturated carbocycles. The van der Waals surface area contributed by atoms with Gasteiger partial charge in [0.2, 0.25) is 5.91 Å². The minimum absolute atomic E-state index is 0.00473. The largest absolute Gasteiger partial charge is 0.394 e. The lowest BCUT2D eigenvalue weighted by Gasteiger charge is -2.70. The molecule has 2 aliphatic rings. The average Bonchev–Trinajstić information content (AvgIpc) is 2.67. The van der Waals surface area contributed by atoms with Gasteiger partial charge in [0.25, 0.3) is 5.91 Å². The molecule has 2 saturated heterocycles. The quantitative estimate of drug-likeness (QED) is 0.875. The monoisotopic (exact) mass is 366 g/mol. The molecule has 3 heterocycles. The minimum Gasteiger partial charge on any atom is -0.394 e. The van der Waals surface area contributed by atoms with Crippen molar-refractivity contribution in [2.75, 3.05) is 19.7 Å². The zero-order valence-electron chi connectivity index (χ0n) is 15.2. The fraction of sp³-hybridized carbons (Fsp3) is 0.400. The summed E-state index contributed by atoms with van der Waals surface area (Å²) < 4.78 is 0. The van der Waals surface area contributed by atoms with Crippen LogP contribution in [0.4, 0.5) is 0 Å². The number of aliphatic hydroxyl groups is 1. The van der Waals surface area contributed by atoms with Gasteiger partial charge in [0, 0.05) is 37.8 Å². The lowest BCUT2D eigenvalue weighted by Crippen LogP contribution is -2.86. The van der Waals surface area contributed by atoms with Crippen LogP contribution in [0.3, 0.4) is 0 Å². The van der Waals surface area contributed by atoms with E-state index in [2.05, 4.69) is 9.97 Å². The van der Waals surface area contributed by atoms with E-state index < -0.39 is 5.54 Å². The Balaban J connectivity index is 1.62. The highest BCUT2D eigenvalue weighted by molar-refractivity contribution is 5.93. The molecule has 1 N–H and O–H groups in total. The first-order valence-electron chi connectivity index (χ1n) is 9.15. The number of aliphatic hydroxyl groups excluding tert-OH is 1. The van der Waals surface area contributed by atoms with Crippen LogP contribution in [-0.4, -0.2) is 68.0 Å². The van der Waals surface area contributed by atoms with E-state index in [1.165, 1.54) is 18.6 Å². The summed E-state index contributed by atoms with van der Waals surface area (Å²) >= 11 is 0. The van der Waals surface area contributed by atoms with Crippen LogP contribution >= 0.6 is 0 Å². The summed E-state index contributed by atoms with van der Waals surface area (Å²) in [5, 5.41) is 9.94. The first kappa shape index (κ1) is 17.6. The Morgan fingerprint density at radius 1 is 1.22 bits per heavy atom. The summed E-state index contributed by atoms with van der Waals surface area (Å²) in [6.07, 6.45) is 4.85. The number of carbonyl (C=O) groups is 2. The molecule has 0 aliphatic carbocycles. The number of carbonyl (C=O) groups excluding carboxylic acids is 2. The first-order chi connectivity index (χ1) is 13.1. The SMILES string of the molecule is CCC(=O)N1[C@@H](CO)[C@@H](c2ccccc2)C12CN(C(=O)c1cnccn1)C2. The summed E-state index contributed by atoms with van der Waals surface area (Å²) in [6.45, 7) is 2.60. The van der Waals surface area contributed by atoms with E-state index in [0.717, 1.165) is 5.56 Å². The molecule has 2 aromatic rings. The van der Waals surface area contributed by atoms with Gasteiger partial charge in [0.15, 0.2) is 0 Å². The summed E-state index contributed by atoms with van der Waals surface area (Å²) in [7, 11) is 0. The highest BCUT2D eigenvalue weighted by atomic mass is 16.3. The van der Waals surface area contributed by atoms with Crippen molar-refractivity contribution in [3.05, 3.63) is 60.2 Å². The standard InChI is InChI=1S/C20H22N4O3/c1-2-17(26)24-16(11-25)18(14-6-4-3-5-7-14)20(24)12-23(13-20)19(27)15-10-21-8-9-22-15/h3-10,16,18,25H,2,11-13H2,1H3/t16-,18+/m0/s1. The molecule has 2 atom stereocenters. The molecule has 7 heteroatoms. The molecule has 2 fully saturated rings. The zero-order valence-corrected chi connectivity index (χ0v) is 15.2. The number of benzene rings is 1. The summed E-state index contributed by atoms with van der Waals surface area (Å²) in [5.41, 5.74) is 0.929. The van der Waals surface area contributed by atoms with Crippen molar-refractivity contribution in [1.82, 2.24) is 19.8 Å². The maximum atomic E-state index is 12.7. The van der Waals surface area contributed by atoms with Crippen molar-refractivity contribution < 1.29 is 14.7 Å². The van der Waals surface area contributed by atoms with Crippen LogP contribution in [0.1, 0.15) is 35.3 Å².